The number of esters is 2. The highest BCUT2D eigenvalue weighted by Crippen LogP contribution is 2.39. The summed E-state index contributed by atoms with van der Waals surface area (Å²) in [7, 11) is 1.51. The number of anilines is 1. The molecule has 208 valence electrons. The summed E-state index contributed by atoms with van der Waals surface area (Å²) >= 11 is 0. The first-order valence-corrected chi connectivity index (χ1v) is 14.0. The van der Waals surface area contributed by atoms with E-state index in [-0.39, 0.29) is 4.90 Å². The summed E-state index contributed by atoms with van der Waals surface area (Å²) in [6, 6.07) is 23.6. The molecule has 0 saturated carbocycles. The van der Waals surface area contributed by atoms with Crippen LogP contribution in [0.4, 0.5) is 5.69 Å². The van der Waals surface area contributed by atoms with Gasteiger partial charge in [-0.2, -0.15) is 4.31 Å². The van der Waals surface area contributed by atoms with Gasteiger partial charge in [0.15, 0.2) is 0 Å². The van der Waals surface area contributed by atoms with E-state index in [1.165, 1.54) is 12.1 Å². The standard InChI is InChI=1S/C31H32N2O6S/c1-21-13-19-25(20-14-21)40(36,37)33(29(30(34)38-4)31(35)39-5)28(23-15-17-24(18-16-23)32(2)3)27-12-8-10-22-9-6-7-11-26(22)27/h6-20,28-29H,1-5H3. The van der Waals surface area contributed by atoms with E-state index in [4.69, 9.17) is 9.47 Å². The maximum Gasteiger partial charge on any atom is 0.335 e. The van der Waals surface area contributed by atoms with Gasteiger partial charge in [0.2, 0.25) is 16.1 Å². The van der Waals surface area contributed by atoms with Crippen molar-refractivity contribution in [1.82, 2.24) is 4.31 Å². The van der Waals surface area contributed by atoms with E-state index in [0.717, 1.165) is 40.5 Å². The molecule has 0 amide bonds. The molecule has 0 spiro atoms. The molecule has 0 radical (unpaired) electrons. The predicted octanol–water partition coefficient (Wildman–Crippen LogP) is 4.71. The van der Waals surface area contributed by atoms with Crippen LogP contribution in [0, 0.1) is 6.92 Å². The van der Waals surface area contributed by atoms with Crippen LogP contribution >= 0.6 is 0 Å². The number of ether oxygens (including phenoxy) is 2. The SMILES string of the molecule is COC(=O)C(C(=O)OC)N(C(c1ccc(N(C)C)cc1)c1cccc2ccccc12)S(=O)(=O)c1ccc(C)cc1. The first-order valence-electron chi connectivity index (χ1n) is 12.6. The number of sulfonamides is 1. The minimum Gasteiger partial charge on any atom is -0.467 e. The molecule has 0 saturated heterocycles. The third kappa shape index (κ3) is 5.57. The van der Waals surface area contributed by atoms with Crippen LogP contribution in [-0.4, -0.2) is 59.0 Å². The Balaban J connectivity index is 2.11. The Labute approximate surface area is 234 Å². The Hall–Kier alpha value is -4.21. The number of methoxy groups -OCH3 is 2. The number of aryl methyl sites for hydroxylation is 1. The van der Waals surface area contributed by atoms with Crippen LogP contribution in [0.5, 0.6) is 0 Å². The molecule has 1 atom stereocenters. The van der Waals surface area contributed by atoms with Gasteiger partial charge in [-0.25, -0.2) is 18.0 Å². The van der Waals surface area contributed by atoms with Crippen LogP contribution in [0.25, 0.3) is 10.8 Å². The van der Waals surface area contributed by atoms with E-state index in [2.05, 4.69) is 0 Å². The zero-order valence-corrected chi connectivity index (χ0v) is 23.9. The maximum absolute atomic E-state index is 14.5. The molecule has 0 fully saturated rings. The summed E-state index contributed by atoms with van der Waals surface area (Å²) in [6.07, 6.45) is 0. The minimum absolute atomic E-state index is 0.0777. The second-order valence-corrected chi connectivity index (χ2v) is 11.4. The highest BCUT2D eigenvalue weighted by atomic mass is 32.2. The van der Waals surface area contributed by atoms with Gasteiger partial charge in [-0.1, -0.05) is 72.3 Å². The van der Waals surface area contributed by atoms with Crippen molar-refractivity contribution < 1.29 is 27.5 Å². The Morgan fingerprint density at radius 1 is 0.750 bits per heavy atom. The van der Waals surface area contributed by atoms with Crippen molar-refractivity contribution in [3.63, 3.8) is 0 Å². The van der Waals surface area contributed by atoms with Crippen LogP contribution in [-0.2, 0) is 29.1 Å². The van der Waals surface area contributed by atoms with Gasteiger partial charge >= 0.3 is 11.9 Å². The second-order valence-electron chi connectivity index (χ2n) is 9.55. The van der Waals surface area contributed by atoms with Crippen molar-refractivity contribution in [2.75, 3.05) is 33.2 Å². The largest absolute Gasteiger partial charge is 0.467 e. The Morgan fingerprint density at radius 3 is 1.90 bits per heavy atom. The topological polar surface area (TPSA) is 93.2 Å². The lowest BCUT2D eigenvalue weighted by Gasteiger charge is -2.35. The molecule has 1 unspecified atom stereocenters. The molecule has 0 aliphatic carbocycles. The van der Waals surface area contributed by atoms with Gasteiger partial charge in [0.1, 0.15) is 0 Å². The average molecular weight is 561 g/mol. The molecule has 0 aliphatic rings. The number of hydrogen-bond acceptors (Lipinski definition) is 7. The molecule has 8 nitrogen and oxygen atoms in total. The Kier molecular flexibility index (Phi) is 8.56. The molecule has 4 aromatic carbocycles. The van der Waals surface area contributed by atoms with Gasteiger partial charge in [0.05, 0.1) is 25.2 Å². The minimum atomic E-state index is -4.50. The average Bonchev–Trinajstić information content (AvgIpc) is 2.96. The summed E-state index contributed by atoms with van der Waals surface area (Å²) < 4.78 is 39.9. The van der Waals surface area contributed by atoms with Gasteiger partial charge in [0.25, 0.3) is 0 Å². The van der Waals surface area contributed by atoms with Gasteiger partial charge in [-0.15, -0.1) is 0 Å². The van der Waals surface area contributed by atoms with Crippen LogP contribution in [0.15, 0.2) is 95.9 Å². The second kappa shape index (κ2) is 11.9. The predicted molar refractivity (Wildman–Crippen MR) is 155 cm³/mol. The lowest BCUT2D eigenvalue weighted by atomic mass is 9.92. The van der Waals surface area contributed by atoms with Crippen molar-refractivity contribution in [2.24, 2.45) is 0 Å². The van der Waals surface area contributed by atoms with E-state index in [1.54, 1.807) is 30.3 Å². The molecule has 4 aromatic rings. The molecule has 4 rings (SSSR count). The van der Waals surface area contributed by atoms with Crippen molar-refractivity contribution in [3.05, 3.63) is 108 Å². The Morgan fingerprint density at radius 2 is 1.32 bits per heavy atom. The molecule has 0 heterocycles. The summed E-state index contributed by atoms with van der Waals surface area (Å²) in [5.74, 6) is -2.12. The van der Waals surface area contributed by atoms with Crippen molar-refractivity contribution >= 4 is 38.4 Å². The molecular weight excluding hydrogens is 528 g/mol. The van der Waals surface area contributed by atoms with E-state index in [9.17, 15) is 18.0 Å². The Bertz CT molecular complexity index is 1590. The number of carbonyl (C=O) groups is 2. The number of hydrogen-bond donors (Lipinski definition) is 0. The molecule has 0 bridgehead atoms. The zero-order valence-electron chi connectivity index (χ0n) is 23.1. The number of benzene rings is 4. The number of fused-ring (bicyclic) bond motifs is 1. The molecular formula is C31H32N2O6S. The fraction of sp³-hybridized carbons (Fsp3) is 0.226. The van der Waals surface area contributed by atoms with Crippen LogP contribution in [0.2, 0.25) is 0 Å². The molecule has 9 heteroatoms. The summed E-state index contributed by atoms with van der Waals surface area (Å²) in [5, 5.41) is 1.64. The van der Waals surface area contributed by atoms with Crippen molar-refractivity contribution in [1.29, 1.82) is 0 Å². The van der Waals surface area contributed by atoms with E-state index in [1.807, 2.05) is 74.4 Å². The van der Waals surface area contributed by atoms with Crippen LogP contribution in [0.3, 0.4) is 0 Å². The lowest BCUT2D eigenvalue weighted by Crippen LogP contribution is -2.52. The third-order valence-corrected chi connectivity index (χ3v) is 8.64. The number of carbonyl (C=O) groups excluding carboxylic acids is 2. The smallest absolute Gasteiger partial charge is 0.335 e. The highest BCUT2D eigenvalue weighted by Gasteiger charge is 2.48. The van der Waals surface area contributed by atoms with E-state index < -0.39 is 34.0 Å². The summed E-state index contributed by atoms with van der Waals surface area (Å²) in [4.78, 5) is 28.3. The van der Waals surface area contributed by atoms with Gasteiger partial charge in [-0.05, 0) is 53.1 Å². The van der Waals surface area contributed by atoms with Crippen molar-refractivity contribution in [2.45, 2.75) is 23.9 Å². The normalized spacial score (nSPS) is 12.4. The molecule has 0 N–H and O–H groups in total. The zero-order chi connectivity index (χ0) is 29.0. The number of rotatable bonds is 9. The van der Waals surface area contributed by atoms with Gasteiger partial charge < -0.3 is 14.4 Å². The first-order chi connectivity index (χ1) is 19.1. The van der Waals surface area contributed by atoms with Gasteiger partial charge in [0, 0.05) is 19.8 Å². The highest BCUT2D eigenvalue weighted by molar-refractivity contribution is 7.89. The fourth-order valence-corrected chi connectivity index (χ4v) is 6.38. The lowest BCUT2D eigenvalue weighted by molar-refractivity contribution is -0.158. The maximum atomic E-state index is 14.5. The first kappa shape index (κ1) is 28.8. The van der Waals surface area contributed by atoms with E-state index in [0.29, 0.717) is 11.1 Å². The third-order valence-electron chi connectivity index (χ3n) is 6.80. The summed E-state index contributed by atoms with van der Waals surface area (Å²) in [5.41, 5.74) is 2.89. The fourth-order valence-electron chi connectivity index (χ4n) is 4.69. The quantitative estimate of drug-likeness (QED) is 0.216. The summed E-state index contributed by atoms with van der Waals surface area (Å²) in [6.45, 7) is 1.84. The van der Waals surface area contributed by atoms with Crippen molar-refractivity contribution in [3.8, 4) is 0 Å². The number of nitrogens with zero attached hydrogens (tertiary/aromatic N) is 2. The van der Waals surface area contributed by atoms with E-state index >= 15 is 0 Å². The van der Waals surface area contributed by atoms with Gasteiger partial charge in [-0.3, -0.25) is 0 Å². The van der Waals surface area contributed by atoms with Crippen LogP contribution in [0.1, 0.15) is 22.7 Å². The van der Waals surface area contributed by atoms with Crippen LogP contribution < -0.4 is 4.90 Å². The molecule has 0 aliphatic heterocycles. The monoisotopic (exact) mass is 560 g/mol. The molecule has 0 aromatic heterocycles. The molecule has 40 heavy (non-hydrogen) atoms.